The molecule has 76 valence electrons. The molecule has 1 aromatic rings. The van der Waals surface area contributed by atoms with Gasteiger partial charge in [-0.15, -0.1) is 0 Å². The fraction of sp³-hybridized carbons (Fsp3) is 0.455. The zero-order chi connectivity index (χ0) is 8.10. The van der Waals surface area contributed by atoms with Gasteiger partial charge in [-0.3, -0.25) is 0 Å². The first-order valence-corrected chi connectivity index (χ1v) is 4.44. The van der Waals surface area contributed by atoms with Crippen LogP contribution in [-0.4, -0.2) is 23.1 Å². The zero-order valence-electron chi connectivity index (χ0n) is 8.89. The summed E-state index contributed by atoms with van der Waals surface area (Å²) in [7, 11) is 0. The summed E-state index contributed by atoms with van der Waals surface area (Å²) in [4.78, 5) is 0. The maximum atomic E-state index is 2.24. The van der Waals surface area contributed by atoms with E-state index in [1.54, 1.807) is 0 Å². The Labute approximate surface area is 125 Å². The molecule has 0 heterocycles. The number of halogens is 2. The fourth-order valence-corrected chi connectivity index (χ4v) is 1.23. The van der Waals surface area contributed by atoms with E-state index < -0.39 is 0 Å². The predicted molar refractivity (Wildman–Crippen MR) is 55.6 cm³/mol. The summed E-state index contributed by atoms with van der Waals surface area (Å²) >= 11 is 0. The SMILES string of the molecule is CCCc1ccc(CC)cc1.[Br-].[Br-].[Mg+2]. The van der Waals surface area contributed by atoms with Crippen LogP contribution in [0.1, 0.15) is 31.4 Å². The first-order chi connectivity index (χ1) is 5.36. The van der Waals surface area contributed by atoms with Crippen molar-refractivity contribution >= 4 is 23.1 Å². The molecule has 0 amide bonds. The van der Waals surface area contributed by atoms with Gasteiger partial charge in [0.25, 0.3) is 0 Å². The predicted octanol–water partition coefficient (Wildman–Crippen LogP) is -3.17. The van der Waals surface area contributed by atoms with Gasteiger partial charge < -0.3 is 34.0 Å². The number of hydrogen-bond acceptors (Lipinski definition) is 0. The summed E-state index contributed by atoms with van der Waals surface area (Å²) in [5.41, 5.74) is 2.90. The van der Waals surface area contributed by atoms with E-state index in [1.165, 1.54) is 24.0 Å². The number of benzene rings is 1. The maximum Gasteiger partial charge on any atom is 2.00 e. The standard InChI is InChI=1S/C11H16.2BrH.Mg/c1-3-5-11-8-6-10(4-2)7-9-11;;;/h6-9H,3-5H2,1-2H3;2*1H;/q;;;+2/p-2. The minimum Gasteiger partial charge on any atom is -1.00 e. The minimum absolute atomic E-state index is 0. The van der Waals surface area contributed by atoms with Gasteiger partial charge in [0, 0.05) is 0 Å². The van der Waals surface area contributed by atoms with E-state index >= 15 is 0 Å². The van der Waals surface area contributed by atoms with Crippen LogP contribution in [-0.2, 0) is 12.8 Å². The summed E-state index contributed by atoms with van der Waals surface area (Å²) in [5.74, 6) is 0. The van der Waals surface area contributed by atoms with Crippen LogP contribution in [0, 0.1) is 0 Å². The Kier molecular flexibility index (Phi) is 17.5. The van der Waals surface area contributed by atoms with Crippen LogP contribution in [0.15, 0.2) is 24.3 Å². The molecule has 0 nitrogen and oxygen atoms in total. The Bertz CT molecular complexity index is 209. The van der Waals surface area contributed by atoms with Crippen LogP contribution in [0.25, 0.3) is 0 Å². The fourth-order valence-electron chi connectivity index (χ4n) is 1.23. The molecular weight excluding hydrogens is 316 g/mol. The molecular formula is C11H16Br2Mg. The van der Waals surface area contributed by atoms with Crippen LogP contribution in [0.5, 0.6) is 0 Å². The normalized spacial score (nSPS) is 7.86. The van der Waals surface area contributed by atoms with Crippen molar-refractivity contribution in [3.8, 4) is 0 Å². The van der Waals surface area contributed by atoms with E-state index in [1.807, 2.05) is 0 Å². The van der Waals surface area contributed by atoms with Gasteiger partial charge in [-0.1, -0.05) is 44.5 Å². The molecule has 1 rings (SSSR count). The summed E-state index contributed by atoms with van der Waals surface area (Å²) in [6.45, 7) is 4.41. The van der Waals surface area contributed by atoms with Crippen molar-refractivity contribution < 1.29 is 34.0 Å². The van der Waals surface area contributed by atoms with Crippen molar-refractivity contribution in [3.63, 3.8) is 0 Å². The Hall–Kier alpha value is 0.946. The van der Waals surface area contributed by atoms with Crippen molar-refractivity contribution in [2.75, 3.05) is 0 Å². The third kappa shape index (κ3) is 7.27. The van der Waals surface area contributed by atoms with Crippen molar-refractivity contribution in [2.24, 2.45) is 0 Å². The van der Waals surface area contributed by atoms with Gasteiger partial charge in [0.15, 0.2) is 0 Å². The van der Waals surface area contributed by atoms with Gasteiger partial charge in [-0.25, -0.2) is 0 Å². The first-order valence-electron chi connectivity index (χ1n) is 4.44. The molecule has 0 spiro atoms. The smallest absolute Gasteiger partial charge is 1.00 e. The topological polar surface area (TPSA) is 0 Å². The van der Waals surface area contributed by atoms with Crippen molar-refractivity contribution in [3.05, 3.63) is 35.4 Å². The van der Waals surface area contributed by atoms with Crippen LogP contribution in [0.3, 0.4) is 0 Å². The number of rotatable bonds is 3. The monoisotopic (exact) mass is 330 g/mol. The van der Waals surface area contributed by atoms with Crippen molar-refractivity contribution in [2.45, 2.75) is 33.1 Å². The maximum absolute atomic E-state index is 2.24. The van der Waals surface area contributed by atoms with Crippen molar-refractivity contribution in [1.82, 2.24) is 0 Å². The molecule has 0 saturated heterocycles. The number of aryl methyl sites for hydroxylation is 2. The van der Waals surface area contributed by atoms with Gasteiger partial charge >= 0.3 is 23.1 Å². The molecule has 1 aromatic carbocycles. The van der Waals surface area contributed by atoms with Gasteiger partial charge in [0.2, 0.25) is 0 Å². The molecule has 0 aliphatic heterocycles. The van der Waals surface area contributed by atoms with E-state index in [9.17, 15) is 0 Å². The molecule has 0 atom stereocenters. The Morgan fingerprint density at radius 2 is 1.29 bits per heavy atom. The third-order valence-electron chi connectivity index (χ3n) is 1.97. The van der Waals surface area contributed by atoms with Gasteiger partial charge in [-0.2, -0.15) is 0 Å². The van der Waals surface area contributed by atoms with Crippen LogP contribution in [0.2, 0.25) is 0 Å². The quantitative estimate of drug-likeness (QED) is 0.513. The summed E-state index contributed by atoms with van der Waals surface area (Å²) in [6.07, 6.45) is 3.60. The van der Waals surface area contributed by atoms with Gasteiger partial charge in [0.1, 0.15) is 0 Å². The molecule has 3 heteroatoms. The van der Waals surface area contributed by atoms with E-state index in [0.717, 1.165) is 6.42 Å². The second kappa shape index (κ2) is 12.0. The van der Waals surface area contributed by atoms with E-state index in [0.29, 0.717) is 0 Å². The van der Waals surface area contributed by atoms with E-state index in [4.69, 9.17) is 0 Å². The van der Waals surface area contributed by atoms with Crippen molar-refractivity contribution in [1.29, 1.82) is 0 Å². The number of hydrogen-bond donors (Lipinski definition) is 0. The zero-order valence-corrected chi connectivity index (χ0v) is 13.5. The molecule has 0 aliphatic carbocycles. The first kappa shape index (κ1) is 20.4. The van der Waals surface area contributed by atoms with Crippen LogP contribution < -0.4 is 34.0 Å². The second-order valence-corrected chi connectivity index (χ2v) is 2.92. The van der Waals surface area contributed by atoms with Crippen LogP contribution >= 0.6 is 0 Å². The molecule has 0 unspecified atom stereocenters. The minimum atomic E-state index is 0. The molecule has 0 aromatic heterocycles. The second-order valence-electron chi connectivity index (χ2n) is 2.92. The Morgan fingerprint density at radius 3 is 1.64 bits per heavy atom. The van der Waals surface area contributed by atoms with Gasteiger partial charge in [0.05, 0.1) is 0 Å². The third-order valence-corrected chi connectivity index (χ3v) is 1.97. The molecule has 0 saturated carbocycles. The molecule has 0 N–H and O–H groups in total. The van der Waals surface area contributed by atoms with Crippen LogP contribution in [0.4, 0.5) is 0 Å². The summed E-state index contributed by atoms with van der Waals surface area (Å²) in [6, 6.07) is 8.93. The summed E-state index contributed by atoms with van der Waals surface area (Å²) < 4.78 is 0. The van der Waals surface area contributed by atoms with E-state index in [2.05, 4.69) is 38.1 Å². The molecule has 0 bridgehead atoms. The molecule has 0 aliphatic rings. The Balaban J connectivity index is -0.000000403. The molecule has 0 radical (unpaired) electrons. The average molecular weight is 332 g/mol. The largest absolute Gasteiger partial charge is 2.00 e. The van der Waals surface area contributed by atoms with Gasteiger partial charge in [-0.05, 0) is 24.0 Å². The molecule has 14 heavy (non-hydrogen) atoms. The summed E-state index contributed by atoms with van der Waals surface area (Å²) in [5, 5.41) is 0. The average Bonchev–Trinajstić information content (AvgIpc) is 2.07. The van der Waals surface area contributed by atoms with E-state index in [-0.39, 0.29) is 57.0 Å². The molecule has 0 fully saturated rings. The Morgan fingerprint density at radius 1 is 0.857 bits per heavy atom.